The summed E-state index contributed by atoms with van der Waals surface area (Å²) in [4.78, 5) is 28.8. The van der Waals surface area contributed by atoms with E-state index in [1.807, 2.05) is 13.8 Å². The monoisotopic (exact) mass is 279 g/mol. The van der Waals surface area contributed by atoms with Gasteiger partial charge in [0.05, 0.1) is 12.8 Å². The number of carbonyl (C=O) groups excluding carboxylic acids is 2. The number of fused-ring (bicyclic) bond motifs is 1. The lowest BCUT2D eigenvalue weighted by atomic mass is 10.0. The molecule has 6 heteroatoms. The number of hydrogen-bond donors (Lipinski definition) is 2. The van der Waals surface area contributed by atoms with Gasteiger partial charge in [0.2, 0.25) is 5.91 Å². The van der Waals surface area contributed by atoms with Crippen LogP contribution < -0.4 is 11.1 Å². The molecule has 0 fully saturated rings. The number of nitrogens with zero attached hydrogens (tertiary/aromatic N) is 1. The molecule has 0 bridgehead atoms. The third-order valence-corrected chi connectivity index (χ3v) is 4.32. The van der Waals surface area contributed by atoms with Gasteiger partial charge >= 0.3 is 0 Å². The Morgan fingerprint density at radius 1 is 1.53 bits per heavy atom. The number of aliphatic imine (C=N–C) groups is 1. The molecule has 0 radical (unpaired) electrons. The van der Waals surface area contributed by atoms with E-state index in [4.69, 9.17) is 5.73 Å². The second-order valence-electron chi connectivity index (χ2n) is 4.54. The molecule has 102 valence electrons. The molecule has 2 amide bonds. The summed E-state index contributed by atoms with van der Waals surface area (Å²) in [5.41, 5.74) is 7.62. The molecule has 0 saturated heterocycles. The summed E-state index contributed by atoms with van der Waals surface area (Å²) in [7, 11) is 0. The lowest BCUT2D eigenvalue weighted by molar-refractivity contribution is -0.120. The summed E-state index contributed by atoms with van der Waals surface area (Å²) in [6.45, 7) is 4.62. The Bertz CT molecular complexity index is 560. The molecule has 1 aromatic rings. The summed E-state index contributed by atoms with van der Waals surface area (Å²) in [6.07, 6.45) is 1.54. The van der Waals surface area contributed by atoms with Crippen molar-refractivity contribution in [2.75, 3.05) is 6.54 Å². The first-order valence-electron chi connectivity index (χ1n) is 6.28. The van der Waals surface area contributed by atoms with Gasteiger partial charge in [0.1, 0.15) is 5.84 Å². The van der Waals surface area contributed by atoms with Crippen molar-refractivity contribution in [3.05, 3.63) is 20.9 Å². The van der Waals surface area contributed by atoms with E-state index in [2.05, 4.69) is 10.3 Å². The minimum Gasteiger partial charge on any atom is -0.383 e. The van der Waals surface area contributed by atoms with Gasteiger partial charge in [0.25, 0.3) is 5.91 Å². The second-order valence-corrected chi connectivity index (χ2v) is 5.73. The normalized spacial score (nSPS) is 14.0. The summed E-state index contributed by atoms with van der Waals surface area (Å²) >= 11 is 1.49. The van der Waals surface area contributed by atoms with E-state index in [-0.39, 0.29) is 24.1 Å². The number of nitrogens with two attached hydrogens (primary N) is 1. The van der Waals surface area contributed by atoms with Gasteiger partial charge in [0.15, 0.2) is 0 Å². The molecule has 0 atom stereocenters. The molecule has 0 spiro atoms. The summed E-state index contributed by atoms with van der Waals surface area (Å²) in [6, 6.07) is 0. The summed E-state index contributed by atoms with van der Waals surface area (Å²) in [5.74, 6) is 0.0684. The van der Waals surface area contributed by atoms with Gasteiger partial charge in [-0.15, -0.1) is 11.3 Å². The lowest BCUT2D eigenvalue weighted by Crippen LogP contribution is -2.25. The van der Waals surface area contributed by atoms with E-state index in [9.17, 15) is 9.59 Å². The first kappa shape index (κ1) is 13.7. The van der Waals surface area contributed by atoms with Crippen LogP contribution in [0.4, 0.5) is 0 Å². The Kier molecular flexibility index (Phi) is 3.99. The first-order chi connectivity index (χ1) is 9.02. The Balaban J connectivity index is 2.21. The Morgan fingerprint density at radius 3 is 2.95 bits per heavy atom. The minimum atomic E-state index is -0.215. The minimum absolute atomic E-state index is 0.00498. The zero-order valence-electron chi connectivity index (χ0n) is 11.1. The van der Waals surface area contributed by atoms with Crippen molar-refractivity contribution in [3.63, 3.8) is 0 Å². The fourth-order valence-electron chi connectivity index (χ4n) is 2.09. The molecule has 2 heterocycles. The highest BCUT2D eigenvalue weighted by molar-refractivity contribution is 7.12. The van der Waals surface area contributed by atoms with Crippen LogP contribution in [0.3, 0.4) is 0 Å². The maximum Gasteiger partial charge on any atom is 0.252 e. The van der Waals surface area contributed by atoms with Gasteiger partial charge in [0, 0.05) is 21.9 Å². The van der Waals surface area contributed by atoms with Crippen molar-refractivity contribution in [3.8, 4) is 0 Å². The van der Waals surface area contributed by atoms with Gasteiger partial charge in [-0.05, 0) is 18.9 Å². The maximum atomic E-state index is 11.7. The molecule has 19 heavy (non-hydrogen) atoms. The summed E-state index contributed by atoms with van der Waals surface area (Å²) in [5, 5.41) is 2.85. The topological polar surface area (TPSA) is 84.6 Å². The van der Waals surface area contributed by atoms with Crippen LogP contribution >= 0.6 is 11.3 Å². The van der Waals surface area contributed by atoms with Gasteiger partial charge in [-0.3, -0.25) is 9.59 Å². The molecule has 1 aliphatic heterocycles. The molecule has 1 aliphatic rings. The number of thiophene rings is 1. The fraction of sp³-hybridized carbons (Fsp3) is 0.462. The van der Waals surface area contributed by atoms with Crippen LogP contribution in [0.25, 0.3) is 0 Å². The van der Waals surface area contributed by atoms with Crippen molar-refractivity contribution in [2.24, 2.45) is 10.7 Å². The quantitative estimate of drug-likeness (QED) is 0.859. The van der Waals surface area contributed by atoms with Crippen LogP contribution in [-0.2, 0) is 22.4 Å². The number of amides is 2. The summed E-state index contributed by atoms with van der Waals surface area (Å²) < 4.78 is 0. The molecule has 0 unspecified atom stereocenters. The predicted molar refractivity (Wildman–Crippen MR) is 75.5 cm³/mol. The van der Waals surface area contributed by atoms with Crippen LogP contribution in [0.1, 0.15) is 34.2 Å². The van der Waals surface area contributed by atoms with Gasteiger partial charge in [-0.2, -0.15) is 4.99 Å². The number of hydrogen-bond acceptors (Lipinski definition) is 4. The number of carbonyl (C=O) groups is 2. The lowest BCUT2D eigenvalue weighted by Gasteiger charge is -2.08. The van der Waals surface area contributed by atoms with Crippen molar-refractivity contribution in [2.45, 2.75) is 33.1 Å². The third-order valence-electron chi connectivity index (χ3n) is 3.02. The zero-order valence-corrected chi connectivity index (χ0v) is 11.9. The molecule has 2 rings (SSSR count). The molecule has 5 nitrogen and oxygen atoms in total. The van der Waals surface area contributed by atoms with E-state index >= 15 is 0 Å². The van der Waals surface area contributed by atoms with Crippen molar-refractivity contribution >= 4 is 29.0 Å². The molecule has 0 aromatic carbocycles. The van der Waals surface area contributed by atoms with E-state index in [0.29, 0.717) is 13.0 Å². The highest BCUT2D eigenvalue weighted by Crippen LogP contribution is 2.31. The standard InChI is InChI=1S/C13H17N3O2S/c1-3-4-15-10(17)5-8-7(2)12-9(19-8)6-11(18)16-13(12)14/h3-6H2,1-2H3,(H,15,17)(H2,14,16,18). The van der Waals surface area contributed by atoms with Gasteiger partial charge in [-0.1, -0.05) is 6.92 Å². The number of rotatable bonds is 4. The smallest absolute Gasteiger partial charge is 0.252 e. The fourth-order valence-corrected chi connectivity index (χ4v) is 3.40. The van der Waals surface area contributed by atoms with Crippen LogP contribution in [0.2, 0.25) is 0 Å². The van der Waals surface area contributed by atoms with E-state index in [0.717, 1.165) is 27.3 Å². The molecule has 3 N–H and O–H groups in total. The zero-order chi connectivity index (χ0) is 14.0. The van der Waals surface area contributed by atoms with Crippen LogP contribution in [0, 0.1) is 6.92 Å². The highest BCUT2D eigenvalue weighted by Gasteiger charge is 2.24. The Morgan fingerprint density at radius 2 is 2.26 bits per heavy atom. The molecule has 0 aliphatic carbocycles. The predicted octanol–water partition coefficient (Wildman–Crippen LogP) is 0.913. The SMILES string of the molecule is CCCNC(=O)Cc1sc2c(c1C)C(N)=NC(=O)C2. The van der Waals surface area contributed by atoms with Gasteiger partial charge < -0.3 is 11.1 Å². The van der Waals surface area contributed by atoms with Crippen LogP contribution in [-0.4, -0.2) is 24.2 Å². The van der Waals surface area contributed by atoms with Gasteiger partial charge in [-0.25, -0.2) is 0 Å². The number of amidine groups is 1. The van der Waals surface area contributed by atoms with E-state index in [1.165, 1.54) is 11.3 Å². The average Bonchev–Trinajstić information content (AvgIpc) is 2.63. The van der Waals surface area contributed by atoms with E-state index < -0.39 is 0 Å². The Labute approximate surface area is 115 Å². The Hall–Kier alpha value is -1.69. The van der Waals surface area contributed by atoms with Crippen LogP contribution in [0.5, 0.6) is 0 Å². The molecular formula is C13H17N3O2S. The molecule has 0 saturated carbocycles. The molecule has 1 aromatic heterocycles. The third kappa shape index (κ3) is 2.84. The highest BCUT2D eigenvalue weighted by atomic mass is 32.1. The van der Waals surface area contributed by atoms with Crippen molar-refractivity contribution in [1.82, 2.24) is 5.32 Å². The van der Waals surface area contributed by atoms with Crippen LogP contribution in [0.15, 0.2) is 4.99 Å². The maximum absolute atomic E-state index is 11.7. The van der Waals surface area contributed by atoms with Crippen molar-refractivity contribution < 1.29 is 9.59 Å². The largest absolute Gasteiger partial charge is 0.383 e. The molecular weight excluding hydrogens is 262 g/mol. The van der Waals surface area contributed by atoms with Crippen molar-refractivity contribution in [1.29, 1.82) is 0 Å². The number of nitrogens with one attached hydrogen (secondary N) is 1. The average molecular weight is 279 g/mol. The second kappa shape index (κ2) is 5.52. The first-order valence-corrected chi connectivity index (χ1v) is 7.09. The van der Waals surface area contributed by atoms with E-state index in [1.54, 1.807) is 0 Å².